The van der Waals surface area contributed by atoms with E-state index in [-0.39, 0.29) is 50.3 Å². The summed E-state index contributed by atoms with van der Waals surface area (Å²) in [6, 6.07) is 30.1. The average molecular weight is 1740 g/mol. The highest BCUT2D eigenvalue weighted by molar-refractivity contribution is 7.35. The lowest BCUT2D eigenvalue weighted by Crippen LogP contribution is -2.33. The third-order valence-electron chi connectivity index (χ3n) is 18.7. The molecule has 121 heavy (non-hydrogen) atoms. The largest absolute Gasteiger partial charge is 0.519 e. The fraction of sp³-hybridized carbons (Fsp3) is 0.674. The van der Waals surface area contributed by atoms with Crippen LogP contribution in [0, 0.1) is 23.7 Å². The molecule has 4 aromatic rings. The van der Waals surface area contributed by atoms with E-state index in [1.54, 1.807) is 81.4 Å². The van der Waals surface area contributed by atoms with Gasteiger partial charge in [-0.2, -0.15) is 0 Å². The van der Waals surface area contributed by atoms with Crippen LogP contribution in [0.1, 0.15) is 315 Å². The smallest absolute Gasteiger partial charge is 0.493 e. The number of halogens is 1. The minimum atomic E-state index is -1.06. The minimum absolute atomic E-state index is 0. The number of esters is 1. The van der Waals surface area contributed by atoms with Gasteiger partial charge in [0.2, 0.25) is 0 Å². The van der Waals surface area contributed by atoms with E-state index in [9.17, 15) is 43.8 Å². The van der Waals surface area contributed by atoms with Gasteiger partial charge in [0.25, 0.3) is 0 Å². The van der Waals surface area contributed by atoms with Gasteiger partial charge in [0.1, 0.15) is 45.4 Å². The van der Waals surface area contributed by atoms with Gasteiger partial charge in [-0.3, -0.25) is 14.4 Å². The Morgan fingerprint density at radius 2 is 0.760 bits per heavy atom. The first-order chi connectivity index (χ1) is 56.4. The zero-order chi connectivity index (χ0) is 88.5. The highest BCUT2D eigenvalue weighted by atomic mass is 35.5. The third-order valence-corrected chi connectivity index (χ3v) is 18.7. The van der Waals surface area contributed by atoms with Crippen LogP contribution in [0.2, 0.25) is 0 Å². The molecular weight excluding hydrogens is 1580 g/mol. The number of ketones is 2. The monoisotopic (exact) mass is 1740 g/mol. The lowest BCUT2D eigenvalue weighted by atomic mass is 9.90. The summed E-state index contributed by atoms with van der Waals surface area (Å²) in [6.45, 7) is 35.4. The van der Waals surface area contributed by atoms with Crippen LogP contribution in [-0.4, -0.2) is 160 Å². The standard InChI is InChI=1S/C21H33NO4.C21H31NO4.C16H25NO2.C16H23NO2.C10H18O5.C4H8O2.C4H8O.C2H7P.CH4.ClH/c2*1-21(2,3)26-20(24)22-13-12-19(23)17-10-7-11-18(14-17)25-15-16-8-5-4-6-9-16;2*17-10-9-16(18)14-7-4-8-15(11-14)19-12-13-5-2-1-3-6-13;1-9(2,3)14-7(11)13-8(12)15-10(4,5)6;1-3-6-4(2)5;1-2-4-5-3-1;1-3-2;;/h7,10-11,14,16,19,23H,4-6,8-9,12-13,15H2,1-3H3,(H,22,24);7,10-11,14,16H,4-6,8-9,12-13,15H2,1-3H3,(H,22,24);4,7-8,11,13,16,18H,1-3,5-6,9-10,12,17H2;4,7-8,11,13H,1-3,5-6,9-10,12,17H2;1-6H3;3H2,1-2H3;1-4H2;3H,1-2H3;1H4;1H. The number of hydrogen-bond acceptors (Lipinski definition) is 22. The van der Waals surface area contributed by atoms with E-state index < -0.39 is 59.1 Å². The summed E-state index contributed by atoms with van der Waals surface area (Å²) in [5.41, 5.74) is 11.4. The molecule has 0 spiro atoms. The number of amides is 2. The SMILES string of the molecule is C.C1CCOC1.CC(C)(C)OC(=O)NCCC(=O)c1cccc(OCC2CCCCC2)c1.CC(C)(C)OC(=O)NCCC(O)c1cccc(OCC2CCCCC2)c1.CC(C)(C)OC(=O)OC(=O)OC(C)(C)C.CCOC(C)=O.CPC.Cl.NCCC(=O)c1cccc(OCC2CCCCC2)c1.NCCC(O)c1cccc(OCC2CCCCC2)c1. The second-order valence-electron chi connectivity index (χ2n) is 34.6. The molecule has 1 heterocycles. The van der Waals surface area contributed by atoms with Gasteiger partial charge >= 0.3 is 30.5 Å². The van der Waals surface area contributed by atoms with Crippen molar-refractivity contribution < 1.29 is 95.9 Å². The molecule has 24 nitrogen and oxygen atoms in total. The van der Waals surface area contributed by atoms with Gasteiger partial charge in [-0.15, -0.1) is 21.0 Å². The van der Waals surface area contributed by atoms with Crippen LogP contribution in [0.3, 0.4) is 0 Å². The Labute approximate surface area is 734 Å². The van der Waals surface area contributed by atoms with Gasteiger partial charge in [0.15, 0.2) is 11.6 Å². The maximum absolute atomic E-state index is 12.3. The first kappa shape index (κ1) is 114. The maximum Gasteiger partial charge on any atom is 0.519 e. The number of carbonyl (C=O) groups is 7. The molecule has 9 rings (SSSR count). The van der Waals surface area contributed by atoms with E-state index in [4.69, 9.17) is 54.1 Å². The number of aliphatic hydroxyl groups excluding tert-OH is 2. The molecule has 2 atom stereocenters. The molecule has 690 valence electrons. The average Bonchev–Trinajstić information content (AvgIpc) is 1.85. The first-order valence-electron chi connectivity index (χ1n) is 43.5. The number of Topliss-reactive ketones (excluding diaryl/α,β-unsaturated/α-hetero) is 2. The molecule has 0 aromatic heterocycles. The molecule has 2 amide bonds. The number of ether oxygens (including phenoxy) is 11. The van der Waals surface area contributed by atoms with Crippen LogP contribution in [0.5, 0.6) is 23.0 Å². The number of carbonyl (C=O) groups excluding carboxylic acids is 7. The first-order valence-corrected chi connectivity index (χ1v) is 45.5. The van der Waals surface area contributed by atoms with Crippen molar-refractivity contribution in [1.82, 2.24) is 10.6 Å². The number of hydrogen-bond donors (Lipinski definition) is 6. The number of benzene rings is 4. The van der Waals surface area contributed by atoms with Crippen molar-refractivity contribution >= 4 is 63.0 Å². The molecule has 26 heteroatoms. The zero-order valence-corrected chi connectivity index (χ0v) is 77.5. The Morgan fingerprint density at radius 3 is 1.05 bits per heavy atom. The van der Waals surface area contributed by atoms with Crippen LogP contribution < -0.4 is 41.0 Å². The predicted octanol–water partition coefficient (Wildman–Crippen LogP) is 21.8. The van der Waals surface area contributed by atoms with Crippen molar-refractivity contribution in [3.8, 4) is 23.0 Å². The van der Waals surface area contributed by atoms with E-state index in [1.165, 1.54) is 148 Å². The van der Waals surface area contributed by atoms with Gasteiger partial charge in [-0.1, -0.05) is 133 Å². The maximum atomic E-state index is 12.3. The molecule has 0 radical (unpaired) electrons. The Bertz CT molecular complexity index is 3390. The number of nitrogens with one attached hydrogen (secondary N) is 2. The quantitative estimate of drug-likeness (QED) is 0.0106. The van der Waals surface area contributed by atoms with E-state index in [0.717, 1.165) is 82.3 Å². The molecule has 0 bridgehead atoms. The summed E-state index contributed by atoms with van der Waals surface area (Å²) >= 11 is 0. The van der Waals surface area contributed by atoms with Crippen molar-refractivity contribution in [2.45, 2.75) is 306 Å². The molecule has 4 aliphatic carbocycles. The summed E-state index contributed by atoms with van der Waals surface area (Å²) in [5, 5.41) is 25.6. The van der Waals surface area contributed by atoms with Crippen molar-refractivity contribution in [1.29, 1.82) is 0 Å². The van der Waals surface area contributed by atoms with Gasteiger partial charge in [-0.05, 0) is 277 Å². The molecular formula is C95H158ClN4O20P. The number of aliphatic hydroxyl groups is 2. The minimum Gasteiger partial charge on any atom is -0.493 e. The molecule has 8 N–H and O–H groups in total. The van der Waals surface area contributed by atoms with Crippen molar-refractivity contribution in [3.05, 3.63) is 119 Å². The summed E-state index contributed by atoms with van der Waals surface area (Å²) in [6.07, 6.45) is 26.0. The van der Waals surface area contributed by atoms with Crippen LogP contribution >= 0.6 is 21.0 Å². The summed E-state index contributed by atoms with van der Waals surface area (Å²) in [4.78, 5) is 79.2. The molecule has 4 saturated carbocycles. The van der Waals surface area contributed by atoms with E-state index in [0.29, 0.717) is 80.3 Å². The van der Waals surface area contributed by atoms with E-state index in [2.05, 4.69) is 33.4 Å². The molecule has 4 aromatic carbocycles. The van der Waals surface area contributed by atoms with Crippen LogP contribution in [0.4, 0.5) is 19.2 Å². The van der Waals surface area contributed by atoms with E-state index >= 15 is 0 Å². The Morgan fingerprint density at radius 1 is 0.446 bits per heavy atom. The topological polar surface area (TPSA) is 338 Å². The van der Waals surface area contributed by atoms with Crippen molar-refractivity contribution in [2.75, 3.05) is 85.8 Å². The number of alkyl carbamates (subject to hydrolysis) is 2. The molecule has 2 unspecified atom stereocenters. The summed E-state index contributed by atoms with van der Waals surface area (Å²) in [5.74, 6) is 5.70. The second-order valence-corrected chi connectivity index (χ2v) is 35.6. The second kappa shape index (κ2) is 65.3. The zero-order valence-electron chi connectivity index (χ0n) is 75.7. The lowest BCUT2D eigenvalue weighted by Gasteiger charge is -2.22. The number of nitrogens with two attached hydrogens (primary N) is 2. The normalized spacial score (nSPS) is 15.3. The molecule has 1 saturated heterocycles. The van der Waals surface area contributed by atoms with Gasteiger partial charge in [0, 0.05) is 57.2 Å². The Balaban J connectivity index is 0.00000144. The van der Waals surface area contributed by atoms with Gasteiger partial charge in [0.05, 0.1) is 45.2 Å². The van der Waals surface area contributed by atoms with Crippen LogP contribution in [-0.2, 0) is 38.0 Å². The fourth-order valence-electron chi connectivity index (χ4n) is 12.9. The molecule has 5 aliphatic rings. The van der Waals surface area contributed by atoms with Crippen molar-refractivity contribution in [3.63, 3.8) is 0 Å². The third kappa shape index (κ3) is 60.8. The van der Waals surface area contributed by atoms with Crippen LogP contribution in [0.15, 0.2) is 97.1 Å². The summed E-state index contributed by atoms with van der Waals surface area (Å²) in [7, 11) is 1.08. The highest BCUT2D eigenvalue weighted by Gasteiger charge is 2.26. The Kier molecular flexibility index (Phi) is 61.4. The Hall–Kier alpha value is -7.31. The fourth-order valence-corrected chi connectivity index (χ4v) is 12.9. The highest BCUT2D eigenvalue weighted by Crippen LogP contribution is 2.31. The van der Waals surface area contributed by atoms with Gasteiger partial charge < -0.3 is 84.4 Å². The molecule has 1 aliphatic heterocycles. The van der Waals surface area contributed by atoms with Gasteiger partial charge in [-0.25, -0.2) is 19.2 Å². The predicted molar refractivity (Wildman–Crippen MR) is 488 cm³/mol. The molecule has 5 fully saturated rings. The number of rotatable bonds is 27. The lowest BCUT2D eigenvalue weighted by molar-refractivity contribution is -0.140. The van der Waals surface area contributed by atoms with E-state index in [1.807, 2.05) is 106 Å². The van der Waals surface area contributed by atoms with Crippen molar-refractivity contribution in [2.24, 2.45) is 35.1 Å². The van der Waals surface area contributed by atoms with Crippen LogP contribution in [0.25, 0.3) is 0 Å². The summed E-state index contributed by atoms with van der Waals surface area (Å²) < 4.78 is 57.0.